The Morgan fingerprint density at radius 1 is 1.38 bits per heavy atom. The summed E-state index contributed by atoms with van der Waals surface area (Å²) in [6.07, 6.45) is 2.04. The minimum atomic E-state index is -0.790. The van der Waals surface area contributed by atoms with Gasteiger partial charge in [-0.1, -0.05) is 0 Å². The topological polar surface area (TPSA) is 87.5 Å². The zero-order valence-corrected chi connectivity index (χ0v) is 9.82. The molecule has 3 amide bonds. The number of nitrogens with two attached hydrogens (primary N) is 1. The monoisotopic (exact) mass is 228 g/mol. The molecule has 0 spiro atoms. The van der Waals surface area contributed by atoms with Crippen LogP contribution in [0.2, 0.25) is 0 Å². The van der Waals surface area contributed by atoms with Gasteiger partial charge in [-0.2, -0.15) is 0 Å². The summed E-state index contributed by atoms with van der Waals surface area (Å²) in [6.45, 7) is 3.51. The number of carbonyl (C=O) groups excluding carboxylic acids is 2. The molecule has 6 nitrogen and oxygen atoms in total. The van der Waals surface area contributed by atoms with Gasteiger partial charge >= 0.3 is 6.03 Å². The zero-order chi connectivity index (χ0) is 12.1. The normalized spacial score (nSPS) is 20.4. The first-order chi connectivity index (χ1) is 7.54. The van der Waals surface area contributed by atoms with E-state index in [0.717, 1.165) is 25.9 Å². The van der Waals surface area contributed by atoms with Crippen LogP contribution in [0.3, 0.4) is 0 Å². The Labute approximate surface area is 95.5 Å². The number of rotatable bonds is 3. The third-order valence-corrected chi connectivity index (χ3v) is 3.11. The number of nitrogens with zero attached hydrogens (tertiary/aromatic N) is 1. The standard InChI is InChI=1S/C10H20N4O2/c1-7(9(15)13-10(11)16)14-5-3-8(12-2)4-6-14/h7-8,12H,3-6H2,1-2H3,(H3,11,13,15,16). The van der Waals surface area contributed by atoms with Gasteiger partial charge in [0.1, 0.15) is 0 Å². The molecule has 0 aliphatic carbocycles. The molecule has 1 heterocycles. The second-order valence-electron chi connectivity index (χ2n) is 4.13. The molecule has 0 aromatic carbocycles. The van der Waals surface area contributed by atoms with E-state index in [1.54, 1.807) is 6.92 Å². The number of amides is 3. The highest BCUT2D eigenvalue weighted by Gasteiger charge is 2.26. The maximum absolute atomic E-state index is 11.5. The number of carbonyl (C=O) groups is 2. The molecule has 1 aliphatic rings. The van der Waals surface area contributed by atoms with Crippen LogP contribution in [-0.2, 0) is 4.79 Å². The smallest absolute Gasteiger partial charge is 0.318 e. The van der Waals surface area contributed by atoms with Crippen molar-refractivity contribution in [2.45, 2.75) is 31.8 Å². The van der Waals surface area contributed by atoms with Gasteiger partial charge in [0.2, 0.25) is 5.91 Å². The highest BCUT2D eigenvalue weighted by molar-refractivity contribution is 5.96. The summed E-state index contributed by atoms with van der Waals surface area (Å²) in [4.78, 5) is 24.2. The average Bonchev–Trinajstić information content (AvgIpc) is 2.27. The zero-order valence-electron chi connectivity index (χ0n) is 9.82. The van der Waals surface area contributed by atoms with Crippen molar-refractivity contribution in [1.82, 2.24) is 15.5 Å². The fraction of sp³-hybridized carbons (Fsp3) is 0.800. The van der Waals surface area contributed by atoms with E-state index in [0.29, 0.717) is 6.04 Å². The van der Waals surface area contributed by atoms with Crippen LogP contribution in [0.5, 0.6) is 0 Å². The maximum atomic E-state index is 11.5. The van der Waals surface area contributed by atoms with Gasteiger partial charge in [0.05, 0.1) is 6.04 Å². The lowest BCUT2D eigenvalue weighted by Crippen LogP contribution is -2.52. The molecule has 4 N–H and O–H groups in total. The first kappa shape index (κ1) is 12.9. The molecule has 0 saturated carbocycles. The Morgan fingerprint density at radius 3 is 2.38 bits per heavy atom. The summed E-state index contributed by atoms with van der Waals surface area (Å²) in [5.74, 6) is -0.324. The average molecular weight is 228 g/mol. The number of urea groups is 1. The van der Waals surface area contributed by atoms with Crippen LogP contribution in [0.4, 0.5) is 4.79 Å². The van der Waals surface area contributed by atoms with E-state index in [1.807, 2.05) is 7.05 Å². The van der Waals surface area contributed by atoms with Gasteiger partial charge in [0.15, 0.2) is 0 Å². The second-order valence-corrected chi connectivity index (χ2v) is 4.13. The summed E-state index contributed by atoms with van der Waals surface area (Å²) in [5, 5.41) is 5.33. The molecule has 1 fully saturated rings. The minimum Gasteiger partial charge on any atom is -0.351 e. The quantitative estimate of drug-likeness (QED) is 0.593. The number of hydrogen-bond donors (Lipinski definition) is 3. The van der Waals surface area contributed by atoms with E-state index in [4.69, 9.17) is 5.73 Å². The van der Waals surface area contributed by atoms with Crippen LogP contribution in [-0.4, -0.2) is 49.1 Å². The van der Waals surface area contributed by atoms with Crippen molar-refractivity contribution in [3.8, 4) is 0 Å². The first-order valence-electron chi connectivity index (χ1n) is 5.56. The van der Waals surface area contributed by atoms with Gasteiger partial charge in [-0.05, 0) is 26.8 Å². The number of piperidine rings is 1. The SMILES string of the molecule is CNC1CCN(C(C)C(=O)NC(N)=O)CC1. The fourth-order valence-corrected chi connectivity index (χ4v) is 1.97. The van der Waals surface area contributed by atoms with Crippen molar-refractivity contribution in [1.29, 1.82) is 0 Å². The molecule has 0 bridgehead atoms. The third-order valence-electron chi connectivity index (χ3n) is 3.11. The Morgan fingerprint density at radius 2 is 1.94 bits per heavy atom. The molecule has 1 atom stereocenters. The van der Waals surface area contributed by atoms with Gasteiger partial charge < -0.3 is 11.1 Å². The lowest BCUT2D eigenvalue weighted by molar-refractivity contribution is -0.125. The van der Waals surface area contributed by atoms with E-state index in [-0.39, 0.29) is 11.9 Å². The molecule has 1 saturated heterocycles. The Balaban J connectivity index is 2.40. The van der Waals surface area contributed by atoms with Crippen molar-refractivity contribution < 1.29 is 9.59 Å². The highest BCUT2D eigenvalue weighted by atomic mass is 16.2. The van der Waals surface area contributed by atoms with Crippen molar-refractivity contribution in [2.75, 3.05) is 20.1 Å². The molecule has 1 unspecified atom stereocenters. The number of imide groups is 1. The molecule has 6 heteroatoms. The molecular weight excluding hydrogens is 208 g/mol. The van der Waals surface area contributed by atoms with Crippen molar-refractivity contribution in [3.05, 3.63) is 0 Å². The lowest BCUT2D eigenvalue weighted by Gasteiger charge is -2.34. The van der Waals surface area contributed by atoms with E-state index in [2.05, 4.69) is 15.5 Å². The Kier molecular flexibility index (Phi) is 4.70. The molecule has 92 valence electrons. The maximum Gasteiger partial charge on any atom is 0.318 e. The molecule has 0 aromatic heterocycles. The molecule has 1 aliphatic heterocycles. The van der Waals surface area contributed by atoms with Crippen molar-refractivity contribution >= 4 is 11.9 Å². The van der Waals surface area contributed by atoms with Gasteiger partial charge in [-0.3, -0.25) is 15.0 Å². The third kappa shape index (κ3) is 3.46. The Bertz CT molecular complexity index is 262. The summed E-state index contributed by atoms with van der Waals surface area (Å²) in [7, 11) is 1.95. The molecular formula is C10H20N4O2. The van der Waals surface area contributed by atoms with Crippen LogP contribution in [0.1, 0.15) is 19.8 Å². The van der Waals surface area contributed by atoms with Crippen molar-refractivity contribution in [2.24, 2.45) is 5.73 Å². The summed E-state index contributed by atoms with van der Waals surface area (Å²) < 4.78 is 0. The lowest BCUT2D eigenvalue weighted by atomic mass is 10.0. The van der Waals surface area contributed by atoms with Gasteiger partial charge in [-0.25, -0.2) is 4.79 Å². The number of primary amides is 1. The van der Waals surface area contributed by atoms with Crippen LogP contribution in [0.25, 0.3) is 0 Å². The summed E-state index contributed by atoms with van der Waals surface area (Å²) in [6, 6.07) is -0.560. The second kappa shape index (κ2) is 5.81. The summed E-state index contributed by atoms with van der Waals surface area (Å²) in [5.41, 5.74) is 4.90. The molecule has 0 radical (unpaired) electrons. The largest absolute Gasteiger partial charge is 0.351 e. The first-order valence-corrected chi connectivity index (χ1v) is 5.56. The minimum absolute atomic E-state index is 0.301. The summed E-state index contributed by atoms with van der Waals surface area (Å²) >= 11 is 0. The van der Waals surface area contributed by atoms with Crippen LogP contribution in [0.15, 0.2) is 0 Å². The van der Waals surface area contributed by atoms with Crippen LogP contribution < -0.4 is 16.4 Å². The fourth-order valence-electron chi connectivity index (χ4n) is 1.97. The predicted molar refractivity (Wildman–Crippen MR) is 60.8 cm³/mol. The number of nitrogens with one attached hydrogen (secondary N) is 2. The molecule has 1 rings (SSSR count). The van der Waals surface area contributed by atoms with Gasteiger partial charge in [0.25, 0.3) is 0 Å². The number of likely N-dealkylation sites (tertiary alicyclic amines) is 1. The van der Waals surface area contributed by atoms with Crippen LogP contribution >= 0.6 is 0 Å². The van der Waals surface area contributed by atoms with E-state index in [9.17, 15) is 9.59 Å². The molecule has 16 heavy (non-hydrogen) atoms. The van der Waals surface area contributed by atoms with Gasteiger partial charge in [-0.15, -0.1) is 0 Å². The Hall–Kier alpha value is -1.14. The molecule has 0 aromatic rings. The highest BCUT2D eigenvalue weighted by Crippen LogP contribution is 2.12. The van der Waals surface area contributed by atoms with E-state index < -0.39 is 6.03 Å². The predicted octanol–water partition coefficient (Wildman–Crippen LogP) is -0.746. The van der Waals surface area contributed by atoms with E-state index >= 15 is 0 Å². The van der Waals surface area contributed by atoms with Crippen molar-refractivity contribution in [3.63, 3.8) is 0 Å². The van der Waals surface area contributed by atoms with E-state index in [1.165, 1.54) is 0 Å². The number of hydrogen-bond acceptors (Lipinski definition) is 4. The van der Waals surface area contributed by atoms with Crippen LogP contribution in [0, 0.1) is 0 Å². The van der Waals surface area contributed by atoms with Gasteiger partial charge in [0, 0.05) is 19.1 Å².